The first kappa shape index (κ1) is 16.8. The van der Waals surface area contributed by atoms with Gasteiger partial charge in [-0.2, -0.15) is 5.10 Å². The highest BCUT2D eigenvalue weighted by Crippen LogP contribution is 2.33. The van der Waals surface area contributed by atoms with E-state index in [1.54, 1.807) is 7.05 Å². The average molecular weight is 368 g/mol. The Labute approximate surface area is 156 Å². The van der Waals surface area contributed by atoms with Gasteiger partial charge in [0, 0.05) is 20.1 Å². The minimum absolute atomic E-state index is 0.0222. The Kier molecular flexibility index (Phi) is 4.50. The first-order chi connectivity index (χ1) is 12.7. The predicted octanol–water partition coefficient (Wildman–Crippen LogP) is 2.11. The lowest BCUT2D eigenvalue weighted by Gasteiger charge is -2.32. The average Bonchev–Trinajstić information content (AvgIpc) is 3.10. The van der Waals surface area contributed by atoms with E-state index in [9.17, 15) is 4.79 Å². The van der Waals surface area contributed by atoms with E-state index in [2.05, 4.69) is 34.4 Å². The molecule has 7 nitrogen and oxygen atoms in total. The molecule has 134 valence electrons. The number of carbonyl (C=O) groups is 1. The van der Waals surface area contributed by atoms with Gasteiger partial charge in [0.15, 0.2) is 11.0 Å². The van der Waals surface area contributed by atoms with Gasteiger partial charge in [0.1, 0.15) is 5.84 Å². The summed E-state index contributed by atoms with van der Waals surface area (Å²) in [4.78, 5) is 23.3. The number of amidine groups is 2. The van der Waals surface area contributed by atoms with E-state index >= 15 is 0 Å². The van der Waals surface area contributed by atoms with E-state index in [0.717, 1.165) is 47.6 Å². The molecule has 0 aliphatic carbocycles. The summed E-state index contributed by atoms with van der Waals surface area (Å²) in [5.74, 6) is 1.97. The van der Waals surface area contributed by atoms with Crippen molar-refractivity contribution in [1.29, 1.82) is 0 Å². The molecule has 0 bridgehead atoms. The molecule has 0 radical (unpaired) electrons. The number of nitrogens with zero attached hydrogens (tertiary/aromatic N) is 5. The molecular formula is C18H20N6OS. The molecule has 0 saturated carbocycles. The minimum Gasteiger partial charge on any atom is -0.358 e. The number of thioether (sulfide) groups is 1. The summed E-state index contributed by atoms with van der Waals surface area (Å²) in [6, 6.07) is 8.18. The number of rotatable bonds is 3. The Hall–Kier alpha value is -2.61. The molecule has 2 aliphatic rings. The second kappa shape index (κ2) is 6.95. The predicted molar refractivity (Wildman–Crippen MR) is 105 cm³/mol. The fraction of sp³-hybridized carbons (Fsp3) is 0.333. The van der Waals surface area contributed by atoms with Crippen molar-refractivity contribution >= 4 is 34.5 Å². The van der Waals surface area contributed by atoms with Crippen LogP contribution in [-0.2, 0) is 4.79 Å². The fourth-order valence-electron chi connectivity index (χ4n) is 2.97. The van der Waals surface area contributed by atoms with Crippen LogP contribution in [-0.4, -0.2) is 57.5 Å². The molecule has 3 heterocycles. The van der Waals surface area contributed by atoms with E-state index in [0.29, 0.717) is 5.75 Å². The van der Waals surface area contributed by atoms with E-state index < -0.39 is 0 Å². The standard InChI is InChI=1S/C18H20N6OS/c1-12-4-6-13(7-5-12)24-17-14(10-21-24)16-20-8-3-9-23(16)18(22-17)26-11-15(25)19-2/h4-7,10H,3,8-9,11H2,1-2H3,(H,19,25). The summed E-state index contributed by atoms with van der Waals surface area (Å²) in [6.07, 6.45) is 2.81. The van der Waals surface area contributed by atoms with E-state index in [1.807, 2.05) is 23.0 Å². The van der Waals surface area contributed by atoms with Crippen LogP contribution in [0.25, 0.3) is 5.69 Å². The zero-order chi connectivity index (χ0) is 18.1. The van der Waals surface area contributed by atoms with Gasteiger partial charge in [-0.1, -0.05) is 29.5 Å². The van der Waals surface area contributed by atoms with Crippen LogP contribution in [0.2, 0.25) is 0 Å². The second-order valence-corrected chi connectivity index (χ2v) is 7.14. The summed E-state index contributed by atoms with van der Waals surface area (Å²) in [6.45, 7) is 3.71. The number of amides is 1. The Balaban J connectivity index is 1.76. The zero-order valence-electron chi connectivity index (χ0n) is 14.8. The van der Waals surface area contributed by atoms with Crippen LogP contribution in [0.4, 0.5) is 5.82 Å². The van der Waals surface area contributed by atoms with E-state index in [-0.39, 0.29) is 5.91 Å². The molecule has 26 heavy (non-hydrogen) atoms. The van der Waals surface area contributed by atoms with Crippen LogP contribution < -0.4 is 5.32 Å². The number of fused-ring (bicyclic) bond motifs is 3. The lowest BCUT2D eigenvalue weighted by Crippen LogP contribution is -2.42. The number of nitrogens with one attached hydrogen (secondary N) is 1. The number of aliphatic imine (C=N–C) groups is 2. The van der Waals surface area contributed by atoms with E-state index in [1.165, 1.54) is 17.3 Å². The van der Waals surface area contributed by atoms with Crippen molar-refractivity contribution in [3.8, 4) is 5.69 Å². The van der Waals surface area contributed by atoms with Crippen LogP contribution in [0, 0.1) is 6.92 Å². The Morgan fingerprint density at radius 3 is 2.88 bits per heavy atom. The first-order valence-electron chi connectivity index (χ1n) is 8.57. The third-order valence-electron chi connectivity index (χ3n) is 4.36. The number of benzene rings is 1. The maximum atomic E-state index is 11.7. The molecule has 1 amide bonds. The van der Waals surface area contributed by atoms with Crippen molar-refractivity contribution in [3.05, 3.63) is 41.6 Å². The molecule has 2 aliphatic heterocycles. The van der Waals surface area contributed by atoms with Gasteiger partial charge in [0.2, 0.25) is 5.91 Å². The summed E-state index contributed by atoms with van der Waals surface area (Å²) >= 11 is 1.43. The quantitative estimate of drug-likeness (QED) is 0.900. The SMILES string of the molecule is CNC(=O)CSC1=Nc2c(cnn2-c2ccc(C)cc2)C2=NCCCN12. The molecule has 1 aromatic carbocycles. The van der Waals surface area contributed by atoms with Gasteiger partial charge in [-0.3, -0.25) is 9.79 Å². The molecule has 4 rings (SSSR count). The largest absolute Gasteiger partial charge is 0.358 e. The highest BCUT2D eigenvalue weighted by molar-refractivity contribution is 8.14. The third-order valence-corrected chi connectivity index (χ3v) is 5.34. The summed E-state index contributed by atoms with van der Waals surface area (Å²) < 4.78 is 1.84. The van der Waals surface area contributed by atoms with Crippen LogP contribution in [0.1, 0.15) is 17.5 Å². The molecule has 0 atom stereocenters. The number of carbonyl (C=O) groups excluding carboxylic acids is 1. The summed E-state index contributed by atoms with van der Waals surface area (Å²) in [5, 5.41) is 8.00. The molecule has 0 fully saturated rings. The molecule has 8 heteroatoms. The van der Waals surface area contributed by atoms with Crippen LogP contribution in [0.15, 0.2) is 40.4 Å². The normalized spacial score (nSPS) is 15.7. The molecular weight excluding hydrogens is 348 g/mol. The zero-order valence-corrected chi connectivity index (χ0v) is 15.6. The van der Waals surface area contributed by atoms with Crippen molar-refractivity contribution in [2.45, 2.75) is 13.3 Å². The minimum atomic E-state index is -0.0222. The van der Waals surface area contributed by atoms with Gasteiger partial charge in [-0.15, -0.1) is 0 Å². The summed E-state index contributed by atoms with van der Waals surface area (Å²) in [5.41, 5.74) is 3.10. The van der Waals surface area contributed by atoms with Gasteiger partial charge in [0.25, 0.3) is 0 Å². The monoisotopic (exact) mass is 368 g/mol. The molecule has 2 aromatic rings. The van der Waals surface area contributed by atoms with Crippen molar-refractivity contribution in [3.63, 3.8) is 0 Å². The Bertz CT molecular complexity index is 899. The lowest BCUT2D eigenvalue weighted by atomic mass is 10.2. The van der Waals surface area contributed by atoms with Crippen LogP contribution in [0.5, 0.6) is 0 Å². The fourth-order valence-corrected chi connectivity index (χ4v) is 3.86. The summed E-state index contributed by atoms with van der Waals surface area (Å²) in [7, 11) is 1.64. The van der Waals surface area contributed by atoms with Crippen molar-refractivity contribution in [2.75, 3.05) is 25.9 Å². The maximum absolute atomic E-state index is 11.7. The molecule has 0 saturated heterocycles. The van der Waals surface area contributed by atoms with E-state index in [4.69, 9.17) is 9.98 Å². The smallest absolute Gasteiger partial charge is 0.230 e. The van der Waals surface area contributed by atoms with Gasteiger partial charge in [-0.25, -0.2) is 9.67 Å². The number of hydrogen-bond donors (Lipinski definition) is 1. The van der Waals surface area contributed by atoms with Gasteiger partial charge in [-0.05, 0) is 25.5 Å². The topological polar surface area (TPSA) is 74.9 Å². The maximum Gasteiger partial charge on any atom is 0.230 e. The Morgan fingerprint density at radius 2 is 2.12 bits per heavy atom. The molecule has 0 spiro atoms. The van der Waals surface area contributed by atoms with Crippen LogP contribution in [0.3, 0.4) is 0 Å². The number of aromatic nitrogens is 2. The molecule has 1 aromatic heterocycles. The van der Waals surface area contributed by atoms with Crippen LogP contribution >= 0.6 is 11.8 Å². The van der Waals surface area contributed by atoms with Gasteiger partial charge >= 0.3 is 0 Å². The van der Waals surface area contributed by atoms with Crippen molar-refractivity contribution in [2.24, 2.45) is 9.98 Å². The Morgan fingerprint density at radius 1 is 1.31 bits per heavy atom. The number of aryl methyl sites for hydroxylation is 1. The highest BCUT2D eigenvalue weighted by atomic mass is 32.2. The van der Waals surface area contributed by atoms with Crippen molar-refractivity contribution < 1.29 is 4.79 Å². The van der Waals surface area contributed by atoms with Crippen molar-refractivity contribution in [1.82, 2.24) is 20.0 Å². The molecule has 0 unspecified atom stereocenters. The number of hydrogen-bond acceptors (Lipinski definition) is 6. The first-order valence-corrected chi connectivity index (χ1v) is 9.55. The highest BCUT2D eigenvalue weighted by Gasteiger charge is 2.31. The third kappa shape index (κ3) is 3.01. The lowest BCUT2D eigenvalue weighted by molar-refractivity contribution is -0.118. The molecule has 1 N–H and O–H groups in total. The second-order valence-electron chi connectivity index (χ2n) is 6.20. The van der Waals surface area contributed by atoms with Gasteiger partial charge < -0.3 is 10.2 Å². The van der Waals surface area contributed by atoms with Gasteiger partial charge in [0.05, 0.1) is 23.2 Å².